The highest BCUT2D eigenvalue weighted by Gasteiger charge is 2.22. The van der Waals surface area contributed by atoms with Gasteiger partial charge in [0.1, 0.15) is 19.0 Å². The average Bonchev–Trinajstić information content (AvgIpc) is 2.67. The van der Waals surface area contributed by atoms with Crippen molar-refractivity contribution in [1.29, 1.82) is 0 Å². The molecule has 0 bridgehead atoms. The van der Waals surface area contributed by atoms with Crippen LogP contribution < -0.4 is 14.2 Å². The van der Waals surface area contributed by atoms with Crippen molar-refractivity contribution in [2.45, 2.75) is 20.0 Å². The molecule has 2 aromatic rings. The van der Waals surface area contributed by atoms with Gasteiger partial charge in [-0.25, -0.2) is 4.79 Å². The first-order valence-corrected chi connectivity index (χ1v) is 8.46. The third-order valence-corrected chi connectivity index (χ3v) is 3.88. The molecule has 0 aliphatic carbocycles. The van der Waals surface area contributed by atoms with Gasteiger partial charge in [0.25, 0.3) is 0 Å². The lowest BCUT2D eigenvalue weighted by atomic mass is 10.1. The Kier molecular flexibility index (Phi) is 5.41. The van der Waals surface area contributed by atoms with E-state index >= 15 is 0 Å². The van der Waals surface area contributed by atoms with Gasteiger partial charge in [-0.05, 0) is 56.3 Å². The van der Waals surface area contributed by atoms with E-state index in [2.05, 4.69) is 0 Å². The van der Waals surface area contributed by atoms with E-state index in [9.17, 15) is 9.59 Å². The number of benzene rings is 2. The van der Waals surface area contributed by atoms with Crippen LogP contribution in [0.4, 0.5) is 0 Å². The van der Waals surface area contributed by atoms with Crippen LogP contribution >= 0.6 is 0 Å². The Hall–Kier alpha value is -3.02. The third-order valence-electron chi connectivity index (χ3n) is 3.88. The molecule has 0 spiro atoms. The Bertz CT molecular complexity index is 796. The number of Topliss-reactive ketones (excluding diaryl/α,β-unsaturated/α-hetero) is 1. The van der Waals surface area contributed by atoms with Gasteiger partial charge in [0.2, 0.25) is 5.78 Å². The number of fused-ring (bicyclic) bond motifs is 1. The molecule has 26 heavy (non-hydrogen) atoms. The Morgan fingerprint density at radius 3 is 2.35 bits per heavy atom. The largest absolute Gasteiger partial charge is 0.494 e. The molecule has 136 valence electrons. The maximum absolute atomic E-state index is 12.5. The zero-order valence-electron chi connectivity index (χ0n) is 14.7. The Labute approximate surface area is 151 Å². The fraction of sp³-hybridized carbons (Fsp3) is 0.300. The van der Waals surface area contributed by atoms with Crippen molar-refractivity contribution in [3.8, 4) is 17.2 Å². The first-order valence-electron chi connectivity index (χ1n) is 8.46. The maximum Gasteiger partial charge on any atom is 0.338 e. The minimum Gasteiger partial charge on any atom is -0.494 e. The fourth-order valence-electron chi connectivity index (χ4n) is 2.57. The number of hydrogen-bond donors (Lipinski definition) is 0. The summed E-state index contributed by atoms with van der Waals surface area (Å²) in [5.41, 5.74) is 0.761. The van der Waals surface area contributed by atoms with Gasteiger partial charge in [-0.2, -0.15) is 0 Å². The van der Waals surface area contributed by atoms with Gasteiger partial charge in [-0.3, -0.25) is 4.79 Å². The van der Waals surface area contributed by atoms with Gasteiger partial charge in [-0.1, -0.05) is 0 Å². The average molecular weight is 356 g/mol. The number of carbonyl (C=O) groups excluding carboxylic acids is 2. The molecule has 0 saturated carbocycles. The van der Waals surface area contributed by atoms with Crippen molar-refractivity contribution >= 4 is 11.8 Å². The summed E-state index contributed by atoms with van der Waals surface area (Å²) in [5, 5.41) is 0. The van der Waals surface area contributed by atoms with E-state index in [1.807, 2.05) is 6.92 Å². The highest BCUT2D eigenvalue weighted by molar-refractivity contribution is 6.01. The van der Waals surface area contributed by atoms with Crippen LogP contribution in [0.3, 0.4) is 0 Å². The van der Waals surface area contributed by atoms with Crippen molar-refractivity contribution in [1.82, 2.24) is 0 Å². The van der Waals surface area contributed by atoms with Gasteiger partial charge in [-0.15, -0.1) is 0 Å². The van der Waals surface area contributed by atoms with Crippen molar-refractivity contribution in [2.75, 3.05) is 19.8 Å². The topological polar surface area (TPSA) is 71.1 Å². The number of carbonyl (C=O) groups is 2. The molecular weight excluding hydrogens is 336 g/mol. The zero-order chi connectivity index (χ0) is 18.5. The predicted octanol–water partition coefficient (Wildman–Crippen LogP) is 3.28. The lowest BCUT2D eigenvalue weighted by molar-refractivity contribution is 0.0318. The predicted molar refractivity (Wildman–Crippen MR) is 94.3 cm³/mol. The molecule has 1 heterocycles. The number of ketones is 1. The number of hydrogen-bond acceptors (Lipinski definition) is 6. The van der Waals surface area contributed by atoms with Crippen molar-refractivity contribution in [3.63, 3.8) is 0 Å². The molecule has 0 amide bonds. The van der Waals surface area contributed by atoms with Crippen molar-refractivity contribution in [3.05, 3.63) is 53.6 Å². The normalized spacial score (nSPS) is 13.6. The third kappa shape index (κ3) is 3.96. The Balaban J connectivity index is 1.65. The molecule has 0 aromatic heterocycles. The molecule has 3 rings (SSSR count). The van der Waals surface area contributed by atoms with E-state index in [4.69, 9.17) is 18.9 Å². The molecule has 1 aliphatic heterocycles. The second-order valence-corrected chi connectivity index (χ2v) is 5.73. The molecule has 6 heteroatoms. The smallest absolute Gasteiger partial charge is 0.338 e. The standard InChI is InChI=1S/C20H20O6/c1-3-23-16-7-4-14(5-8-16)19(21)13(2)26-20(22)15-6-9-17-18(12-15)25-11-10-24-17/h4-9,12-13H,3,10-11H2,1-2H3/t13-/m1/s1. The van der Waals surface area contributed by atoms with Gasteiger partial charge >= 0.3 is 5.97 Å². The lowest BCUT2D eigenvalue weighted by Crippen LogP contribution is -2.24. The van der Waals surface area contributed by atoms with Crippen LogP contribution in [0.5, 0.6) is 17.2 Å². The fourth-order valence-corrected chi connectivity index (χ4v) is 2.57. The molecule has 1 aliphatic rings. The Morgan fingerprint density at radius 1 is 1.00 bits per heavy atom. The Morgan fingerprint density at radius 2 is 1.65 bits per heavy atom. The highest BCUT2D eigenvalue weighted by Crippen LogP contribution is 2.31. The van der Waals surface area contributed by atoms with Gasteiger partial charge in [0.15, 0.2) is 17.6 Å². The van der Waals surface area contributed by atoms with Crippen molar-refractivity contribution in [2.24, 2.45) is 0 Å². The molecule has 0 N–H and O–H groups in total. The summed E-state index contributed by atoms with van der Waals surface area (Å²) in [6.07, 6.45) is -0.909. The first-order chi connectivity index (χ1) is 12.6. The summed E-state index contributed by atoms with van der Waals surface area (Å²) >= 11 is 0. The zero-order valence-corrected chi connectivity index (χ0v) is 14.7. The summed E-state index contributed by atoms with van der Waals surface area (Å²) in [6.45, 7) is 4.90. The highest BCUT2D eigenvalue weighted by atomic mass is 16.6. The lowest BCUT2D eigenvalue weighted by Gasteiger charge is -2.19. The van der Waals surface area contributed by atoms with Crippen LogP contribution in [-0.2, 0) is 4.74 Å². The van der Waals surface area contributed by atoms with E-state index in [-0.39, 0.29) is 5.78 Å². The number of esters is 1. The van der Waals surface area contributed by atoms with Crippen LogP contribution in [0.2, 0.25) is 0 Å². The van der Waals surface area contributed by atoms with Gasteiger partial charge < -0.3 is 18.9 Å². The molecule has 0 radical (unpaired) electrons. The van der Waals surface area contributed by atoms with Crippen molar-refractivity contribution < 1.29 is 28.5 Å². The van der Waals surface area contributed by atoms with E-state index in [0.29, 0.717) is 48.2 Å². The van der Waals surface area contributed by atoms with Gasteiger partial charge in [0.05, 0.1) is 12.2 Å². The summed E-state index contributed by atoms with van der Waals surface area (Å²) < 4.78 is 21.5. The summed E-state index contributed by atoms with van der Waals surface area (Å²) in [7, 11) is 0. The second-order valence-electron chi connectivity index (χ2n) is 5.73. The molecule has 6 nitrogen and oxygen atoms in total. The second kappa shape index (κ2) is 7.91. The summed E-state index contributed by atoms with van der Waals surface area (Å²) in [4.78, 5) is 24.8. The first kappa shape index (κ1) is 17.8. The van der Waals surface area contributed by atoms with Crippen LogP contribution in [-0.4, -0.2) is 37.7 Å². The minimum absolute atomic E-state index is 0.279. The van der Waals surface area contributed by atoms with Crippen LogP contribution in [0, 0.1) is 0 Å². The number of rotatable bonds is 6. The maximum atomic E-state index is 12.5. The molecule has 1 atom stereocenters. The molecule has 0 unspecified atom stereocenters. The van der Waals surface area contributed by atoms with E-state index < -0.39 is 12.1 Å². The molecule has 0 saturated heterocycles. The summed E-state index contributed by atoms with van der Waals surface area (Å²) in [6, 6.07) is 11.5. The number of ether oxygens (including phenoxy) is 4. The van der Waals surface area contributed by atoms with Crippen LogP contribution in [0.1, 0.15) is 34.6 Å². The van der Waals surface area contributed by atoms with E-state index in [0.717, 1.165) is 0 Å². The van der Waals surface area contributed by atoms with E-state index in [1.54, 1.807) is 49.4 Å². The van der Waals surface area contributed by atoms with E-state index in [1.165, 1.54) is 0 Å². The molecular formula is C20H20O6. The van der Waals surface area contributed by atoms with Gasteiger partial charge in [0, 0.05) is 5.56 Å². The quantitative estimate of drug-likeness (QED) is 0.584. The van der Waals surface area contributed by atoms with Crippen LogP contribution in [0.25, 0.3) is 0 Å². The summed E-state index contributed by atoms with van der Waals surface area (Å²) in [5.74, 6) is 0.903. The molecule has 0 fully saturated rings. The van der Waals surface area contributed by atoms with Crippen LogP contribution in [0.15, 0.2) is 42.5 Å². The minimum atomic E-state index is -0.909. The molecule has 2 aromatic carbocycles. The SMILES string of the molecule is CCOc1ccc(C(=O)[C@@H](C)OC(=O)c2ccc3c(c2)OCCO3)cc1. The monoisotopic (exact) mass is 356 g/mol.